The van der Waals surface area contributed by atoms with Gasteiger partial charge < -0.3 is 5.11 Å². The molecule has 1 unspecified atom stereocenters. The van der Waals surface area contributed by atoms with Crippen molar-refractivity contribution in [1.29, 1.82) is 0 Å². The molecule has 1 aliphatic rings. The summed E-state index contributed by atoms with van der Waals surface area (Å²) in [5.74, 6) is -0.336. The van der Waals surface area contributed by atoms with Crippen LogP contribution in [0.5, 0.6) is 0 Å². The standard InChI is InChI=1S/C18H22N2O2S/c1-2-16-12-23-17(19-16)15-4-3-9-20(11-15)10-13-5-7-14(8-6-13)18(21)22/h5-8,12,15H,2-4,9-11H2,1H3,(H,21,22). The van der Waals surface area contributed by atoms with Crippen molar-refractivity contribution in [2.24, 2.45) is 0 Å². The van der Waals surface area contributed by atoms with Gasteiger partial charge in [-0.2, -0.15) is 0 Å². The minimum Gasteiger partial charge on any atom is -0.478 e. The molecule has 4 nitrogen and oxygen atoms in total. The van der Waals surface area contributed by atoms with Gasteiger partial charge in [-0.15, -0.1) is 11.3 Å². The highest BCUT2D eigenvalue weighted by molar-refractivity contribution is 7.09. The van der Waals surface area contributed by atoms with E-state index in [0.29, 0.717) is 11.5 Å². The van der Waals surface area contributed by atoms with Crippen molar-refractivity contribution < 1.29 is 9.90 Å². The minimum atomic E-state index is -0.870. The molecule has 0 amide bonds. The van der Waals surface area contributed by atoms with Crippen LogP contribution in [0.15, 0.2) is 29.6 Å². The lowest BCUT2D eigenvalue weighted by Crippen LogP contribution is -2.33. The summed E-state index contributed by atoms with van der Waals surface area (Å²) < 4.78 is 0. The van der Waals surface area contributed by atoms with Crippen molar-refractivity contribution in [1.82, 2.24) is 9.88 Å². The SMILES string of the molecule is CCc1csc(C2CCCN(Cc3ccc(C(=O)O)cc3)C2)n1. The van der Waals surface area contributed by atoms with Gasteiger partial charge in [0.25, 0.3) is 0 Å². The molecule has 0 bridgehead atoms. The molecule has 122 valence electrons. The van der Waals surface area contributed by atoms with Gasteiger partial charge in [0, 0.05) is 24.4 Å². The molecular weight excluding hydrogens is 308 g/mol. The zero-order valence-corrected chi connectivity index (χ0v) is 14.2. The average molecular weight is 330 g/mol. The van der Waals surface area contributed by atoms with E-state index in [9.17, 15) is 4.79 Å². The Morgan fingerprint density at radius 1 is 1.39 bits per heavy atom. The fraction of sp³-hybridized carbons (Fsp3) is 0.444. The Bertz CT molecular complexity index is 666. The smallest absolute Gasteiger partial charge is 0.335 e. The molecule has 1 aromatic heterocycles. The second-order valence-electron chi connectivity index (χ2n) is 6.11. The fourth-order valence-electron chi connectivity index (χ4n) is 3.08. The first kappa shape index (κ1) is 16.1. The Kier molecular flexibility index (Phi) is 5.08. The predicted octanol–water partition coefficient (Wildman–Crippen LogP) is 3.78. The fourth-order valence-corrected chi connectivity index (χ4v) is 4.12. The van der Waals surface area contributed by atoms with Gasteiger partial charge in [-0.05, 0) is 43.5 Å². The van der Waals surface area contributed by atoms with E-state index in [1.807, 2.05) is 12.1 Å². The molecule has 1 atom stereocenters. The van der Waals surface area contributed by atoms with Crippen molar-refractivity contribution in [3.05, 3.63) is 51.5 Å². The molecule has 5 heteroatoms. The van der Waals surface area contributed by atoms with Crippen LogP contribution in [-0.2, 0) is 13.0 Å². The molecule has 0 spiro atoms. The van der Waals surface area contributed by atoms with Gasteiger partial charge >= 0.3 is 5.97 Å². The Morgan fingerprint density at radius 3 is 2.83 bits per heavy atom. The summed E-state index contributed by atoms with van der Waals surface area (Å²) in [4.78, 5) is 18.1. The maximum absolute atomic E-state index is 10.9. The Balaban J connectivity index is 1.63. The topological polar surface area (TPSA) is 53.4 Å². The highest BCUT2D eigenvalue weighted by atomic mass is 32.1. The van der Waals surface area contributed by atoms with Crippen LogP contribution in [-0.4, -0.2) is 34.0 Å². The number of rotatable bonds is 5. The van der Waals surface area contributed by atoms with Crippen LogP contribution >= 0.6 is 11.3 Å². The summed E-state index contributed by atoms with van der Waals surface area (Å²) in [7, 11) is 0. The maximum Gasteiger partial charge on any atom is 0.335 e. The molecule has 1 saturated heterocycles. The number of benzene rings is 1. The number of hydrogen-bond acceptors (Lipinski definition) is 4. The molecule has 23 heavy (non-hydrogen) atoms. The van der Waals surface area contributed by atoms with E-state index >= 15 is 0 Å². The molecule has 3 rings (SSSR count). The molecule has 2 heterocycles. The van der Waals surface area contributed by atoms with Gasteiger partial charge in [0.15, 0.2) is 0 Å². The number of aromatic nitrogens is 1. The zero-order valence-electron chi connectivity index (χ0n) is 13.4. The van der Waals surface area contributed by atoms with Crippen molar-refractivity contribution in [3.63, 3.8) is 0 Å². The number of carboxylic acids is 1. The van der Waals surface area contributed by atoms with Crippen LogP contribution in [0.3, 0.4) is 0 Å². The van der Waals surface area contributed by atoms with Crippen molar-refractivity contribution >= 4 is 17.3 Å². The van der Waals surface area contributed by atoms with E-state index < -0.39 is 5.97 Å². The van der Waals surface area contributed by atoms with Gasteiger partial charge in [-0.25, -0.2) is 9.78 Å². The number of nitrogens with zero attached hydrogens (tertiary/aromatic N) is 2. The predicted molar refractivity (Wildman–Crippen MR) is 92.1 cm³/mol. The maximum atomic E-state index is 10.9. The highest BCUT2D eigenvalue weighted by Gasteiger charge is 2.23. The average Bonchev–Trinajstić information content (AvgIpc) is 3.05. The molecule has 1 N–H and O–H groups in total. The molecule has 1 aromatic carbocycles. The number of aromatic carboxylic acids is 1. The Labute approximate surface area is 140 Å². The third kappa shape index (κ3) is 3.98. The number of hydrogen-bond donors (Lipinski definition) is 1. The lowest BCUT2D eigenvalue weighted by atomic mass is 9.98. The lowest BCUT2D eigenvalue weighted by Gasteiger charge is -2.31. The zero-order chi connectivity index (χ0) is 16.2. The monoisotopic (exact) mass is 330 g/mol. The molecular formula is C18H22N2O2S. The molecule has 2 aromatic rings. The first-order chi connectivity index (χ1) is 11.2. The summed E-state index contributed by atoms with van der Waals surface area (Å²) in [5.41, 5.74) is 2.72. The van der Waals surface area contributed by atoms with Crippen LogP contribution in [0.1, 0.15) is 52.3 Å². The number of piperidine rings is 1. The number of thiazole rings is 1. The normalized spacial score (nSPS) is 18.9. The van der Waals surface area contributed by atoms with Crippen molar-refractivity contribution in [3.8, 4) is 0 Å². The first-order valence-electron chi connectivity index (χ1n) is 8.14. The molecule has 1 fully saturated rings. The largest absolute Gasteiger partial charge is 0.478 e. The number of carboxylic acid groups (broad SMARTS) is 1. The van der Waals surface area contributed by atoms with Gasteiger partial charge in [0.05, 0.1) is 16.3 Å². The van der Waals surface area contributed by atoms with E-state index in [0.717, 1.165) is 26.1 Å². The van der Waals surface area contributed by atoms with Gasteiger partial charge in [-0.1, -0.05) is 19.1 Å². The Hall–Kier alpha value is -1.72. The number of carbonyl (C=O) groups is 1. The summed E-state index contributed by atoms with van der Waals surface area (Å²) >= 11 is 1.79. The Morgan fingerprint density at radius 2 is 2.17 bits per heavy atom. The minimum absolute atomic E-state index is 0.347. The summed E-state index contributed by atoms with van der Waals surface area (Å²) in [6.07, 6.45) is 3.41. The highest BCUT2D eigenvalue weighted by Crippen LogP contribution is 2.30. The first-order valence-corrected chi connectivity index (χ1v) is 9.02. The second kappa shape index (κ2) is 7.23. The van der Waals surface area contributed by atoms with E-state index in [2.05, 4.69) is 17.2 Å². The molecule has 0 saturated carbocycles. The van der Waals surface area contributed by atoms with Gasteiger partial charge in [0.1, 0.15) is 0 Å². The van der Waals surface area contributed by atoms with Gasteiger partial charge in [-0.3, -0.25) is 4.90 Å². The molecule has 1 aliphatic heterocycles. The van der Waals surface area contributed by atoms with Crippen LogP contribution in [0.2, 0.25) is 0 Å². The summed E-state index contributed by atoms with van der Waals surface area (Å²) in [6, 6.07) is 7.22. The molecule has 0 aliphatic carbocycles. The third-order valence-electron chi connectivity index (χ3n) is 4.39. The molecule has 0 radical (unpaired) electrons. The van der Waals surface area contributed by atoms with E-state index in [1.54, 1.807) is 23.5 Å². The van der Waals surface area contributed by atoms with Gasteiger partial charge in [0.2, 0.25) is 0 Å². The van der Waals surface area contributed by atoms with Crippen LogP contribution in [0.25, 0.3) is 0 Å². The third-order valence-corrected chi connectivity index (χ3v) is 5.45. The van der Waals surface area contributed by atoms with E-state index in [4.69, 9.17) is 10.1 Å². The van der Waals surface area contributed by atoms with E-state index in [1.165, 1.54) is 29.1 Å². The number of likely N-dealkylation sites (tertiary alicyclic amines) is 1. The van der Waals surface area contributed by atoms with Crippen molar-refractivity contribution in [2.75, 3.05) is 13.1 Å². The second-order valence-corrected chi connectivity index (χ2v) is 7.00. The van der Waals surface area contributed by atoms with Crippen molar-refractivity contribution in [2.45, 2.75) is 38.6 Å². The number of aryl methyl sites for hydroxylation is 1. The summed E-state index contributed by atoms with van der Waals surface area (Å²) in [5, 5.41) is 12.4. The van der Waals surface area contributed by atoms with Crippen LogP contribution in [0, 0.1) is 0 Å². The van der Waals surface area contributed by atoms with Crippen LogP contribution < -0.4 is 0 Å². The van der Waals surface area contributed by atoms with Crippen LogP contribution in [0.4, 0.5) is 0 Å². The quantitative estimate of drug-likeness (QED) is 0.906. The van der Waals surface area contributed by atoms with E-state index in [-0.39, 0.29) is 0 Å². The lowest BCUT2D eigenvalue weighted by molar-refractivity contribution is 0.0697. The summed E-state index contributed by atoms with van der Waals surface area (Å²) in [6.45, 7) is 5.16.